The summed E-state index contributed by atoms with van der Waals surface area (Å²) in [5.41, 5.74) is 2.13. The second kappa shape index (κ2) is 9.27. The van der Waals surface area contributed by atoms with Crippen LogP contribution in [0.5, 0.6) is 0 Å². The van der Waals surface area contributed by atoms with Gasteiger partial charge >= 0.3 is 0 Å². The van der Waals surface area contributed by atoms with Crippen molar-refractivity contribution in [2.75, 3.05) is 26.3 Å². The van der Waals surface area contributed by atoms with Crippen molar-refractivity contribution in [1.82, 2.24) is 9.62 Å². The third-order valence-corrected chi connectivity index (χ3v) is 6.40. The van der Waals surface area contributed by atoms with Crippen LogP contribution in [0, 0.1) is 5.82 Å². The fourth-order valence-corrected chi connectivity index (χ4v) is 4.59. The molecule has 0 radical (unpaired) electrons. The summed E-state index contributed by atoms with van der Waals surface area (Å²) in [6, 6.07) is 12.9. The molecular weight excluding hydrogens is 383 g/mol. The van der Waals surface area contributed by atoms with E-state index in [0.29, 0.717) is 37.4 Å². The lowest BCUT2D eigenvalue weighted by Gasteiger charge is -2.26. The summed E-state index contributed by atoms with van der Waals surface area (Å²) in [5.74, 6) is -0.672. The molecule has 0 aliphatic carbocycles. The Labute approximate surface area is 164 Å². The summed E-state index contributed by atoms with van der Waals surface area (Å²) in [7, 11) is -3.44. The zero-order valence-electron chi connectivity index (χ0n) is 15.4. The molecule has 1 amide bonds. The van der Waals surface area contributed by atoms with E-state index in [1.165, 1.54) is 16.4 Å². The third-order valence-electron chi connectivity index (χ3n) is 4.57. The Morgan fingerprint density at radius 2 is 1.68 bits per heavy atom. The quantitative estimate of drug-likeness (QED) is 0.762. The van der Waals surface area contributed by atoms with Crippen molar-refractivity contribution in [3.63, 3.8) is 0 Å². The van der Waals surface area contributed by atoms with Crippen LogP contribution in [0.15, 0.2) is 48.5 Å². The minimum Gasteiger partial charge on any atom is -0.379 e. The minimum absolute atomic E-state index is 0.114. The van der Waals surface area contributed by atoms with Gasteiger partial charge in [0.05, 0.1) is 25.4 Å². The number of rotatable bonds is 7. The van der Waals surface area contributed by atoms with E-state index >= 15 is 0 Å². The van der Waals surface area contributed by atoms with Crippen LogP contribution in [0.2, 0.25) is 0 Å². The Kier molecular flexibility index (Phi) is 6.77. The molecule has 28 heavy (non-hydrogen) atoms. The van der Waals surface area contributed by atoms with Crippen molar-refractivity contribution in [3.05, 3.63) is 71.0 Å². The number of morpholine rings is 1. The van der Waals surface area contributed by atoms with E-state index in [1.807, 2.05) is 12.1 Å². The van der Waals surface area contributed by atoms with E-state index in [-0.39, 0.29) is 30.4 Å². The predicted molar refractivity (Wildman–Crippen MR) is 103 cm³/mol. The molecule has 0 aromatic heterocycles. The number of halogens is 1. The molecule has 0 spiro atoms. The third kappa shape index (κ3) is 5.60. The van der Waals surface area contributed by atoms with Gasteiger partial charge in [-0.05, 0) is 28.8 Å². The molecule has 150 valence electrons. The highest BCUT2D eigenvalue weighted by Crippen LogP contribution is 2.16. The molecule has 1 heterocycles. The number of nitrogens with zero attached hydrogens (tertiary/aromatic N) is 1. The molecule has 1 saturated heterocycles. The van der Waals surface area contributed by atoms with Gasteiger partial charge < -0.3 is 10.1 Å². The largest absolute Gasteiger partial charge is 0.379 e. The lowest BCUT2D eigenvalue weighted by molar-refractivity contribution is -0.120. The predicted octanol–water partition coefficient (Wildman–Crippen LogP) is 1.85. The van der Waals surface area contributed by atoms with Gasteiger partial charge in [0.15, 0.2) is 0 Å². The van der Waals surface area contributed by atoms with Crippen LogP contribution >= 0.6 is 0 Å². The SMILES string of the molecule is O=C(Cc1ccc(F)cc1)NCc1ccccc1CS(=O)(=O)N1CCOCC1. The van der Waals surface area contributed by atoms with Crippen LogP contribution in [-0.4, -0.2) is 44.9 Å². The molecule has 8 heteroatoms. The topological polar surface area (TPSA) is 75.7 Å². The van der Waals surface area contributed by atoms with E-state index in [0.717, 1.165) is 5.56 Å². The highest BCUT2D eigenvalue weighted by atomic mass is 32.2. The van der Waals surface area contributed by atoms with E-state index in [4.69, 9.17) is 4.74 Å². The summed E-state index contributed by atoms with van der Waals surface area (Å²) < 4.78 is 44.9. The molecule has 0 bridgehead atoms. The second-order valence-corrected chi connectivity index (χ2v) is 8.59. The van der Waals surface area contributed by atoms with Gasteiger partial charge in [-0.3, -0.25) is 4.79 Å². The van der Waals surface area contributed by atoms with Crippen LogP contribution < -0.4 is 5.32 Å². The summed E-state index contributed by atoms with van der Waals surface area (Å²) in [6.45, 7) is 1.76. The van der Waals surface area contributed by atoms with E-state index in [1.54, 1.807) is 24.3 Å². The molecular formula is C20H23FN2O4S. The molecule has 1 N–H and O–H groups in total. The van der Waals surface area contributed by atoms with Crippen molar-refractivity contribution in [2.45, 2.75) is 18.7 Å². The lowest BCUT2D eigenvalue weighted by atomic mass is 10.1. The average Bonchev–Trinajstić information content (AvgIpc) is 2.69. The van der Waals surface area contributed by atoms with Crippen LogP contribution in [0.25, 0.3) is 0 Å². The van der Waals surface area contributed by atoms with Crippen LogP contribution in [-0.2, 0) is 38.3 Å². The first-order chi connectivity index (χ1) is 13.4. The Hall–Kier alpha value is -2.29. The number of benzene rings is 2. The highest BCUT2D eigenvalue weighted by molar-refractivity contribution is 7.88. The fourth-order valence-electron chi connectivity index (χ4n) is 3.03. The molecule has 2 aromatic rings. The van der Waals surface area contributed by atoms with Gasteiger partial charge in [-0.1, -0.05) is 36.4 Å². The molecule has 3 rings (SSSR count). The molecule has 1 aliphatic rings. The van der Waals surface area contributed by atoms with Crippen molar-refractivity contribution in [2.24, 2.45) is 0 Å². The Morgan fingerprint density at radius 3 is 2.36 bits per heavy atom. The first kappa shape index (κ1) is 20.4. The monoisotopic (exact) mass is 406 g/mol. The standard InChI is InChI=1S/C20H23FN2O4S/c21-19-7-5-16(6-8-19)13-20(24)22-14-17-3-1-2-4-18(17)15-28(25,26)23-9-11-27-12-10-23/h1-8H,9-15H2,(H,22,24). The normalized spacial score (nSPS) is 15.3. The van der Waals surface area contributed by atoms with Gasteiger partial charge in [0, 0.05) is 19.6 Å². The molecule has 0 unspecified atom stereocenters. The molecule has 0 atom stereocenters. The van der Waals surface area contributed by atoms with Gasteiger partial charge in [-0.25, -0.2) is 12.8 Å². The second-order valence-electron chi connectivity index (χ2n) is 6.62. The van der Waals surface area contributed by atoms with Crippen molar-refractivity contribution >= 4 is 15.9 Å². The number of ether oxygens (including phenoxy) is 1. The number of hydrogen-bond acceptors (Lipinski definition) is 4. The smallest absolute Gasteiger partial charge is 0.224 e. The molecule has 1 fully saturated rings. The zero-order chi connectivity index (χ0) is 20.0. The van der Waals surface area contributed by atoms with Crippen LogP contribution in [0.3, 0.4) is 0 Å². The van der Waals surface area contributed by atoms with Gasteiger partial charge in [-0.15, -0.1) is 0 Å². The molecule has 2 aromatic carbocycles. The lowest BCUT2D eigenvalue weighted by Crippen LogP contribution is -2.41. The number of hydrogen-bond donors (Lipinski definition) is 1. The Bertz CT molecular complexity index is 910. The maximum Gasteiger partial charge on any atom is 0.224 e. The minimum atomic E-state index is -3.44. The number of sulfonamides is 1. The first-order valence-corrected chi connectivity index (χ1v) is 10.7. The fraction of sp³-hybridized carbons (Fsp3) is 0.350. The average molecular weight is 406 g/mol. The van der Waals surface area contributed by atoms with Crippen LogP contribution in [0.4, 0.5) is 4.39 Å². The van der Waals surface area contributed by atoms with Gasteiger partial charge in [-0.2, -0.15) is 4.31 Å². The maximum atomic E-state index is 12.9. The summed E-state index contributed by atoms with van der Waals surface area (Å²) in [4.78, 5) is 12.2. The summed E-state index contributed by atoms with van der Waals surface area (Å²) >= 11 is 0. The van der Waals surface area contributed by atoms with Gasteiger partial charge in [0.2, 0.25) is 15.9 Å². The van der Waals surface area contributed by atoms with Crippen LogP contribution in [0.1, 0.15) is 16.7 Å². The van der Waals surface area contributed by atoms with Crippen molar-refractivity contribution < 1.29 is 22.3 Å². The Balaban J connectivity index is 1.61. The Morgan fingerprint density at radius 1 is 1.04 bits per heavy atom. The molecule has 0 saturated carbocycles. The number of carbonyl (C=O) groups is 1. The number of amides is 1. The zero-order valence-corrected chi connectivity index (χ0v) is 16.3. The van der Waals surface area contributed by atoms with E-state index in [2.05, 4.69) is 5.32 Å². The van der Waals surface area contributed by atoms with E-state index < -0.39 is 10.0 Å². The van der Waals surface area contributed by atoms with Gasteiger partial charge in [0.1, 0.15) is 5.82 Å². The number of nitrogens with one attached hydrogen (secondary N) is 1. The first-order valence-electron chi connectivity index (χ1n) is 9.07. The number of carbonyl (C=O) groups excluding carboxylic acids is 1. The molecule has 1 aliphatic heterocycles. The van der Waals surface area contributed by atoms with E-state index in [9.17, 15) is 17.6 Å². The molecule has 6 nitrogen and oxygen atoms in total. The van der Waals surface area contributed by atoms with Crippen molar-refractivity contribution in [3.8, 4) is 0 Å². The van der Waals surface area contributed by atoms with Crippen molar-refractivity contribution in [1.29, 1.82) is 0 Å². The van der Waals surface area contributed by atoms with Gasteiger partial charge in [0.25, 0.3) is 0 Å². The summed E-state index contributed by atoms with van der Waals surface area (Å²) in [6.07, 6.45) is 0.133. The highest BCUT2D eigenvalue weighted by Gasteiger charge is 2.25. The summed E-state index contributed by atoms with van der Waals surface area (Å²) in [5, 5.41) is 2.81. The maximum absolute atomic E-state index is 12.9.